The minimum absolute atomic E-state index is 0.356. The molecule has 1 N–H and O–H groups in total. The summed E-state index contributed by atoms with van der Waals surface area (Å²) >= 11 is 0. The first-order valence-electron chi connectivity index (χ1n) is 9.65. The molecule has 1 atom stereocenters. The second-order valence-electron chi connectivity index (χ2n) is 6.61. The minimum atomic E-state index is -4.32. The number of unbranched alkanes of at least 4 members (excludes halogenated alkanes) is 11. The van der Waals surface area contributed by atoms with E-state index in [1.807, 2.05) is 0 Å². The minimum Gasteiger partial charge on any atom is -0.264 e. The maximum atomic E-state index is 10.9. The van der Waals surface area contributed by atoms with Gasteiger partial charge in [0.15, 0.2) is 0 Å². The molecule has 0 saturated carbocycles. The van der Waals surface area contributed by atoms with E-state index in [0.29, 0.717) is 6.42 Å². The van der Waals surface area contributed by atoms with Crippen LogP contribution < -0.4 is 0 Å². The normalized spacial score (nSPS) is 13.3. The molecule has 0 aromatic rings. The van der Waals surface area contributed by atoms with Crippen LogP contribution in [0.2, 0.25) is 0 Å². The van der Waals surface area contributed by atoms with Crippen LogP contribution in [0, 0.1) is 0 Å². The summed E-state index contributed by atoms with van der Waals surface area (Å²) < 4.78 is 35.4. The Hall–Kier alpha value is -0.130. The lowest BCUT2D eigenvalue weighted by atomic mass is 10.0. The van der Waals surface area contributed by atoms with Crippen molar-refractivity contribution in [2.75, 3.05) is 0 Å². The highest BCUT2D eigenvalue weighted by atomic mass is 32.3. The Morgan fingerprint density at radius 3 is 1.48 bits per heavy atom. The summed E-state index contributed by atoms with van der Waals surface area (Å²) in [5, 5.41) is 0. The van der Waals surface area contributed by atoms with Gasteiger partial charge in [0.25, 0.3) is 0 Å². The average Bonchev–Trinajstić information content (AvgIpc) is 2.47. The van der Waals surface area contributed by atoms with Crippen LogP contribution in [0.3, 0.4) is 0 Å². The predicted molar refractivity (Wildman–Crippen MR) is 97.0 cm³/mol. The van der Waals surface area contributed by atoms with Crippen LogP contribution in [-0.4, -0.2) is 19.1 Å². The van der Waals surface area contributed by atoms with Crippen molar-refractivity contribution in [2.24, 2.45) is 0 Å². The molecule has 0 saturated heterocycles. The second-order valence-corrected chi connectivity index (χ2v) is 7.66. The van der Waals surface area contributed by atoms with Crippen LogP contribution in [0.25, 0.3) is 0 Å². The van der Waals surface area contributed by atoms with Crippen molar-refractivity contribution in [1.29, 1.82) is 0 Å². The Bertz CT molecular complexity index is 341. The van der Waals surface area contributed by atoms with Gasteiger partial charge in [-0.3, -0.25) is 4.55 Å². The summed E-state index contributed by atoms with van der Waals surface area (Å²) in [5.41, 5.74) is 0. The first-order chi connectivity index (χ1) is 11.0. The fraction of sp³-hybridized carbons (Fsp3) is 1.00. The molecule has 0 aliphatic rings. The van der Waals surface area contributed by atoms with Crippen molar-refractivity contribution in [3.63, 3.8) is 0 Å². The van der Waals surface area contributed by atoms with Gasteiger partial charge >= 0.3 is 10.4 Å². The predicted octanol–water partition coefficient (Wildman–Crippen LogP) is 6.07. The first-order valence-corrected chi connectivity index (χ1v) is 11.0. The molecule has 0 bridgehead atoms. The topological polar surface area (TPSA) is 63.6 Å². The van der Waals surface area contributed by atoms with E-state index >= 15 is 0 Å². The number of hydrogen-bond acceptors (Lipinski definition) is 3. The van der Waals surface area contributed by atoms with Gasteiger partial charge in [0.1, 0.15) is 0 Å². The van der Waals surface area contributed by atoms with E-state index in [9.17, 15) is 8.42 Å². The Morgan fingerprint density at radius 2 is 1.04 bits per heavy atom. The molecule has 0 fully saturated rings. The van der Waals surface area contributed by atoms with Gasteiger partial charge in [0.2, 0.25) is 0 Å². The molecule has 0 amide bonds. The number of hydrogen-bond donors (Lipinski definition) is 1. The molecule has 23 heavy (non-hydrogen) atoms. The second kappa shape index (κ2) is 15.4. The Balaban J connectivity index is 3.65. The van der Waals surface area contributed by atoms with E-state index in [0.717, 1.165) is 38.5 Å². The van der Waals surface area contributed by atoms with Crippen LogP contribution >= 0.6 is 0 Å². The highest BCUT2D eigenvalue weighted by Crippen LogP contribution is 2.17. The molecule has 0 aliphatic carbocycles. The smallest absolute Gasteiger partial charge is 0.264 e. The summed E-state index contributed by atoms with van der Waals surface area (Å²) in [6.07, 6.45) is 16.8. The summed E-state index contributed by atoms with van der Waals surface area (Å²) in [5.74, 6) is 0. The van der Waals surface area contributed by atoms with Crippen LogP contribution in [0.1, 0.15) is 110 Å². The summed E-state index contributed by atoms with van der Waals surface area (Å²) in [7, 11) is -4.32. The average molecular weight is 351 g/mol. The molecule has 1 unspecified atom stereocenters. The van der Waals surface area contributed by atoms with Gasteiger partial charge in [-0.15, -0.1) is 0 Å². The number of rotatable bonds is 17. The molecule has 0 aromatic carbocycles. The molecular formula is C18H38O4S. The maximum absolute atomic E-state index is 10.9. The van der Waals surface area contributed by atoms with E-state index in [1.54, 1.807) is 0 Å². The van der Waals surface area contributed by atoms with Gasteiger partial charge < -0.3 is 0 Å². The van der Waals surface area contributed by atoms with Gasteiger partial charge in [0, 0.05) is 0 Å². The molecule has 4 nitrogen and oxygen atoms in total. The maximum Gasteiger partial charge on any atom is 0.397 e. The first kappa shape index (κ1) is 22.9. The molecule has 0 aliphatic heterocycles. The summed E-state index contributed by atoms with van der Waals surface area (Å²) in [6.45, 7) is 4.35. The van der Waals surface area contributed by atoms with E-state index in [1.165, 1.54) is 51.4 Å². The van der Waals surface area contributed by atoms with Gasteiger partial charge in [-0.25, -0.2) is 4.18 Å². The Labute approximate surface area is 144 Å². The van der Waals surface area contributed by atoms with Crippen molar-refractivity contribution in [3.8, 4) is 0 Å². The summed E-state index contributed by atoms with van der Waals surface area (Å²) in [6, 6.07) is 0. The zero-order valence-corrected chi connectivity index (χ0v) is 16.1. The standard InChI is InChI=1S/C18H38O4S/c1-3-5-7-8-9-10-11-12-13-15-17-18(16-14-6-4-2)22-23(19,20)21/h18H,3-17H2,1-2H3,(H,19,20,21). The van der Waals surface area contributed by atoms with Crippen molar-refractivity contribution in [3.05, 3.63) is 0 Å². The zero-order chi connectivity index (χ0) is 17.4. The molecule has 140 valence electrons. The lowest BCUT2D eigenvalue weighted by Crippen LogP contribution is -2.18. The molecule has 5 heteroatoms. The molecule has 0 radical (unpaired) electrons. The third-order valence-corrected chi connectivity index (χ3v) is 4.78. The third-order valence-electron chi connectivity index (χ3n) is 4.27. The Morgan fingerprint density at radius 1 is 0.696 bits per heavy atom. The van der Waals surface area contributed by atoms with Crippen LogP contribution in [0.15, 0.2) is 0 Å². The third kappa shape index (κ3) is 18.1. The van der Waals surface area contributed by atoms with Crippen molar-refractivity contribution in [1.82, 2.24) is 0 Å². The van der Waals surface area contributed by atoms with Gasteiger partial charge in [-0.2, -0.15) is 8.42 Å². The quantitative estimate of drug-likeness (QED) is 0.255. The van der Waals surface area contributed by atoms with Gasteiger partial charge in [-0.05, 0) is 12.8 Å². The van der Waals surface area contributed by atoms with E-state index in [2.05, 4.69) is 13.8 Å². The fourth-order valence-electron chi connectivity index (χ4n) is 2.89. The van der Waals surface area contributed by atoms with Crippen molar-refractivity contribution < 1.29 is 17.2 Å². The van der Waals surface area contributed by atoms with Gasteiger partial charge in [-0.1, -0.05) is 97.3 Å². The monoisotopic (exact) mass is 350 g/mol. The molecule has 0 heterocycles. The highest BCUT2D eigenvalue weighted by Gasteiger charge is 2.16. The SMILES string of the molecule is CCCCCCCCCCCCC(CCCCC)OS(=O)(=O)O. The fourth-order valence-corrected chi connectivity index (χ4v) is 3.43. The summed E-state index contributed by atoms with van der Waals surface area (Å²) in [4.78, 5) is 0. The van der Waals surface area contributed by atoms with Crippen molar-refractivity contribution in [2.45, 2.75) is 116 Å². The van der Waals surface area contributed by atoms with Crippen LogP contribution in [0.5, 0.6) is 0 Å². The zero-order valence-electron chi connectivity index (χ0n) is 15.3. The lowest BCUT2D eigenvalue weighted by Gasteiger charge is -2.15. The van der Waals surface area contributed by atoms with E-state index in [4.69, 9.17) is 8.74 Å². The van der Waals surface area contributed by atoms with E-state index in [-0.39, 0.29) is 6.10 Å². The highest BCUT2D eigenvalue weighted by molar-refractivity contribution is 7.80. The van der Waals surface area contributed by atoms with E-state index < -0.39 is 10.4 Å². The van der Waals surface area contributed by atoms with Crippen LogP contribution in [0.4, 0.5) is 0 Å². The largest absolute Gasteiger partial charge is 0.397 e. The molecule has 0 spiro atoms. The Kier molecular flexibility index (Phi) is 15.3. The molecule has 0 aromatic heterocycles. The van der Waals surface area contributed by atoms with Crippen LogP contribution in [-0.2, 0) is 14.6 Å². The van der Waals surface area contributed by atoms with Gasteiger partial charge in [0.05, 0.1) is 6.10 Å². The lowest BCUT2D eigenvalue weighted by molar-refractivity contribution is 0.157. The molecular weight excluding hydrogens is 312 g/mol. The van der Waals surface area contributed by atoms with Crippen molar-refractivity contribution >= 4 is 10.4 Å². The molecule has 0 rings (SSSR count).